The Morgan fingerprint density at radius 3 is 2.29 bits per heavy atom. The van der Waals surface area contributed by atoms with Crippen molar-refractivity contribution in [3.8, 4) is 5.75 Å². The van der Waals surface area contributed by atoms with Crippen LogP contribution in [0.25, 0.3) is 0 Å². The molecule has 0 aliphatic rings. The highest BCUT2D eigenvalue weighted by atomic mass is 32.2. The van der Waals surface area contributed by atoms with Gasteiger partial charge in [-0.2, -0.15) is 0 Å². The molecule has 0 atom stereocenters. The van der Waals surface area contributed by atoms with Crippen LogP contribution in [0.3, 0.4) is 0 Å². The average Bonchev–Trinajstić information content (AvgIpc) is 2.27. The van der Waals surface area contributed by atoms with Crippen LogP contribution in [-0.4, -0.2) is 27.1 Å². The van der Waals surface area contributed by atoms with Crippen molar-refractivity contribution >= 4 is 21.7 Å². The summed E-state index contributed by atoms with van der Waals surface area (Å²) in [6.45, 7) is 5.13. The number of nitrogen functional groups attached to an aromatic ring is 1. The number of esters is 1. The number of benzene rings is 1. The minimum Gasteiger partial charge on any atom is -0.495 e. The van der Waals surface area contributed by atoms with Crippen molar-refractivity contribution in [3.63, 3.8) is 0 Å². The number of primary sulfonamides is 1. The zero-order valence-corrected chi connectivity index (χ0v) is 13.3. The fourth-order valence-corrected chi connectivity index (χ4v) is 2.56. The quantitative estimate of drug-likeness (QED) is 0.626. The summed E-state index contributed by atoms with van der Waals surface area (Å²) in [4.78, 5) is 11.7. The summed E-state index contributed by atoms with van der Waals surface area (Å²) in [5, 5.41) is 5.14. The largest absolute Gasteiger partial charge is 0.495 e. The Morgan fingerprint density at radius 2 is 1.86 bits per heavy atom. The lowest BCUT2D eigenvalue weighted by molar-refractivity contribution is -0.153. The van der Waals surface area contributed by atoms with Gasteiger partial charge in [0.2, 0.25) is 10.0 Å². The summed E-state index contributed by atoms with van der Waals surface area (Å²) >= 11 is 0. The molecular weight excluding hydrogens is 296 g/mol. The number of hydrogen-bond acceptors (Lipinski definition) is 6. The van der Waals surface area contributed by atoms with Crippen LogP contribution in [0, 0.1) is 0 Å². The van der Waals surface area contributed by atoms with Crippen molar-refractivity contribution in [2.45, 2.75) is 37.7 Å². The van der Waals surface area contributed by atoms with Gasteiger partial charge in [0.25, 0.3) is 0 Å². The van der Waals surface area contributed by atoms with Crippen molar-refractivity contribution in [3.05, 3.63) is 17.7 Å². The molecule has 0 saturated carbocycles. The molecule has 0 saturated heterocycles. The molecule has 0 radical (unpaired) electrons. The molecule has 1 aromatic rings. The summed E-state index contributed by atoms with van der Waals surface area (Å²) in [5.41, 5.74) is 5.29. The number of nitrogens with two attached hydrogens (primary N) is 2. The molecule has 0 amide bonds. The Morgan fingerprint density at radius 1 is 1.29 bits per heavy atom. The van der Waals surface area contributed by atoms with Crippen molar-refractivity contribution < 1.29 is 22.7 Å². The first-order valence-corrected chi connectivity index (χ1v) is 7.70. The Balaban J connectivity index is 3.29. The normalized spacial score (nSPS) is 12.0. The van der Waals surface area contributed by atoms with Crippen molar-refractivity contribution in [2.75, 3.05) is 12.8 Å². The molecule has 0 unspecified atom stereocenters. The molecule has 0 aromatic heterocycles. The first-order valence-electron chi connectivity index (χ1n) is 6.15. The molecule has 118 valence electrons. The molecular formula is C13H20N2O5S. The summed E-state index contributed by atoms with van der Waals surface area (Å²) in [5.74, 6) is -0.340. The minimum atomic E-state index is -4.01. The minimum absolute atomic E-state index is 0.0508. The van der Waals surface area contributed by atoms with E-state index in [-0.39, 0.29) is 28.3 Å². The molecule has 8 heteroatoms. The van der Waals surface area contributed by atoms with Gasteiger partial charge in [0.05, 0.1) is 24.1 Å². The molecule has 7 nitrogen and oxygen atoms in total. The van der Waals surface area contributed by atoms with Gasteiger partial charge in [-0.25, -0.2) is 13.6 Å². The highest BCUT2D eigenvalue weighted by Gasteiger charge is 2.24. The molecule has 4 N–H and O–H groups in total. The second kappa shape index (κ2) is 5.90. The second-order valence-corrected chi connectivity index (χ2v) is 7.00. The SMILES string of the molecule is COc1ccc(S(N)(=O)=O)c(CC(=O)OC(C)(C)C)c1N. The lowest BCUT2D eigenvalue weighted by atomic mass is 10.1. The standard InChI is InChI=1S/C13H20N2O5S/c1-13(2,3)20-11(16)7-8-10(21(15,17)18)6-5-9(19-4)12(8)14/h5-6H,7,14H2,1-4H3,(H2,15,17,18). The van der Waals surface area contributed by atoms with Crippen molar-refractivity contribution in [1.29, 1.82) is 0 Å². The smallest absolute Gasteiger partial charge is 0.310 e. The molecule has 0 aliphatic carbocycles. The van der Waals surface area contributed by atoms with Gasteiger partial charge < -0.3 is 15.2 Å². The predicted octanol–water partition coefficient (Wildman–Crippen LogP) is 0.809. The number of sulfonamides is 1. The topological polar surface area (TPSA) is 122 Å². The van der Waals surface area contributed by atoms with E-state index in [1.165, 1.54) is 19.2 Å². The monoisotopic (exact) mass is 316 g/mol. The van der Waals surface area contributed by atoms with Crippen LogP contribution in [0.2, 0.25) is 0 Å². The van der Waals surface area contributed by atoms with Crippen LogP contribution < -0.4 is 15.6 Å². The Bertz CT molecular complexity index is 647. The van der Waals surface area contributed by atoms with Crippen LogP contribution in [0.1, 0.15) is 26.3 Å². The fourth-order valence-electron chi connectivity index (χ4n) is 1.77. The third-order valence-electron chi connectivity index (χ3n) is 2.54. The Hall–Kier alpha value is -1.80. The number of rotatable bonds is 4. The Labute approximate surface area is 124 Å². The predicted molar refractivity (Wildman–Crippen MR) is 78.3 cm³/mol. The van der Waals surface area contributed by atoms with Gasteiger partial charge in [0.15, 0.2) is 0 Å². The van der Waals surface area contributed by atoms with Crippen LogP contribution in [-0.2, 0) is 26.0 Å². The molecule has 21 heavy (non-hydrogen) atoms. The van der Waals surface area contributed by atoms with Gasteiger partial charge in [-0.15, -0.1) is 0 Å². The molecule has 0 heterocycles. The van der Waals surface area contributed by atoms with Gasteiger partial charge in [0, 0.05) is 5.56 Å². The average molecular weight is 316 g/mol. The fraction of sp³-hybridized carbons (Fsp3) is 0.462. The van der Waals surface area contributed by atoms with Crippen LogP contribution in [0.5, 0.6) is 5.75 Å². The summed E-state index contributed by atoms with van der Waals surface area (Å²) in [6, 6.07) is 2.64. The molecule has 0 aliphatic heterocycles. The third kappa shape index (κ3) is 4.61. The number of methoxy groups -OCH3 is 1. The first kappa shape index (κ1) is 17.3. The number of carbonyl (C=O) groups excluding carboxylic acids is 1. The van der Waals surface area contributed by atoms with E-state index >= 15 is 0 Å². The lowest BCUT2D eigenvalue weighted by Gasteiger charge is -2.20. The van der Waals surface area contributed by atoms with Crippen molar-refractivity contribution in [2.24, 2.45) is 5.14 Å². The van der Waals surface area contributed by atoms with Gasteiger partial charge in [-0.05, 0) is 32.9 Å². The third-order valence-corrected chi connectivity index (χ3v) is 3.54. The van der Waals surface area contributed by atoms with Crippen LogP contribution in [0.4, 0.5) is 5.69 Å². The maximum atomic E-state index is 11.9. The molecule has 1 rings (SSSR count). The van der Waals surface area contributed by atoms with Gasteiger partial charge in [-0.1, -0.05) is 0 Å². The molecule has 0 spiro atoms. The highest BCUT2D eigenvalue weighted by molar-refractivity contribution is 7.89. The van der Waals surface area contributed by atoms with Crippen molar-refractivity contribution in [1.82, 2.24) is 0 Å². The van der Waals surface area contributed by atoms with E-state index < -0.39 is 21.6 Å². The van der Waals surface area contributed by atoms with Gasteiger partial charge >= 0.3 is 5.97 Å². The van der Waals surface area contributed by atoms with Crippen LogP contribution >= 0.6 is 0 Å². The van der Waals surface area contributed by atoms with E-state index in [1.54, 1.807) is 20.8 Å². The number of carbonyl (C=O) groups is 1. The van der Waals surface area contributed by atoms with Gasteiger partial charge in [0.1, 0.15) is 11.4 Å². The number of hydrogen-bond donors (Lipinski definition) is 2. The maximum Gasteiger partial charge on any atom is 0.310 e. The lowest BCUT2D eigenvalue weighted by Crippen LogP contribution is -2.26. The summed E-state index contributed by atoms with van der Waals surface area (Å²) in [7, 11) is -2.63. The van der Waals surface area contributed by atoms with Gasteiger partial charge in [-0.3, -0.25) is 4.79 Å². The molecule has 0 fully saturated rings. The summed E-state index contributed by atoms with van der Waals surface area (Å²) in [6.07, 6.45) is -0.313. The zero-order valence-electron chi connectivity index (χ0n) is 12.5. The van der Waals surface area contributed by atoms with E-state index in [0.717, 1.165) is 0 Å². The molecule has 0 bridgehead atoms. The first-order chi connectivity index (χ1) is 9.45. The number of ether oxygens (including phenoxy) is 2. The maximum absolute atomic E-state index is 11.9. The second-order valence-electron chi connectivity index (χ2n) is 5.47. The zero-order chi connectivity index (χ0) is 16.4. The van der Waals surface area contributed by atoms with E-state index in [0.29, 0.717) is 0 Å². The summed E-state index contributed by atoms with van der Waals surface area (Å²) < 4.78 is 33.4. The Kier molecular flexibility index (Phi) is 4.85. The van der Waals surface area contributed by atoms with E-state index in [9.17, 15) is 13.2 Å². The van der Waals surface area contributed by atoms with E-state index in [4.69, 9.17) is 20.3 Å². The van der Waals surface area contributed by atoms with Crippen LogP contribution in [0.15, 0.2) is 17.0 Å². The van der Waals surface area contributed by atoms with E-state index in [1.807, 2.05) is 0 Å². The number of anilines is 1. The van der Waals surface area contributed by atoms with E-state index in [2.05, 4.69) is 0 Å². The highest BCUT2D eigenvalue weighted by Crippen LogP contribution is 2.31. The molecule has 1 aromatic carbocycles.